The van der Waals surface area contributed by atoms with Crippen LogP contribution in [0.2, 0.25) is 0 Å². The van der Waals surface area contributed by atoms with E-state index in [9.17, 15) is 9.90 Å². The highest BCUT2D eigenvalue weighted by Crippen LogP contribution is 2.28. The average molecular weight is 315 g/mol. The van der Waals surface area contributed by atoms with Gasteiger partial charge >= 0.3 is 0 Å². The maximum Gasteiger partial charge on any atom is 0.287 e. The second-order valence-corrected chi connectivity index (χ2v) is 5.42. The molecule has 0 radical (unpaired) electrons. The summed E-state index contributed by atoms with van der Waals surface area (Å²) >= 11 is 0. The van der Waals surface area contributed by atoms with Crippen molar-refractivity contribution in [1.29, 1.82) is 0 Å². The molecule has 120 valence electrons. The van der Waals surface area contributed by atoms with Gasteiger partial charge in [-0.05, 0) is 31.2 Å². The SMILES string of the molecule is COc1cccc2cc(C(=O)NCC(C)(O)c3ccco3)oc12. The Labute approximate surface area is 132 Å². The molecule has 1 atom stereocenters. The zero-order chi connectivity index (χ0) is 16.4. The van der Waals surface area contributed by atoms with Crippen molar-refractivity contribution in [3.8, 4) is 5.75 Å². The van der Waals surface area contributed by atoms with Crippen molar-refractivity contribution in [1.82, 2.24) is 5.32 Å². The van der Waals surface area contributed by atoms with E-state index in [0.717, 1.165) is 5.39 Å². The van der Waals surface area contributed by atoms with E-state index in [0.29, 0.717) is 17.1 Å². The molecule has 0 saturated carbocycles. The van der Waals surface area contributed by atoms with Gasteiger partial charge in [-0.3, -0.25) is 4.79 Å². The minimum Gasteiger partial charge on any atom is -0.493 e. The standard InChI is InChI=1S/C17H17NO5/c1-17(20,14-7-4-8-22-14)10-18-16(19)13-9-11-5-3-6-12(21-2)15(11)23-13/h3-9,20H,10H2,1-2H3,(H,18,19). The van der Waals surface area contributed by atoms with Crippen LogP contribution in [0.15, 0.2) is 51.5 Å². The molecule has 3 rings (SSSR count). The molecule has 6 nitrogen and oxygen atoms in total. The molecule has 1 aromatic carbocycles. The fourth-order valence-corrected chi connectivity index (χ4v) is 2.32. The number of benzene rings is 1. The Morgan fingerprint density at radius 2 is 2.17 bits per heavy atom. The fourth-order valence-electron chi connectivity index (χ4n) is 2.32. The lowest BCUT2D eigenvalue weighted by atomic mass is 10.0. The highest BCUT2D eigenvalue weighted by molar-refractivity contribution is 5.97. The van der Waals surface area contributed by atoms with Crippen LogP contribution in [0.3, 0.4) is 0 Å². The molecule has 0 aliphatic heterocycles. The smallest absolute Gasteiger partial charge is 0.287 e. The summed E-state index contributed by atoms with van der Waals surface area (Å²) in [5, 5.41) is 13.7. The molecule has 1 unspecified atom stereocenters. The molecule has 6 heteroatoms. The lowest BCUT2D eigenvalue weighted by Gasteiger charge is -2.20. The quantitative estimate of drug-likeness (QED) is 0.756. The number of carbonyl (C=O) groups excluding carboxylic acids is 1. The Balaban J connectivity index is 1.76. The van der Waals surface area contributed by atoms with Gasteiger partial charge in [-0.1, -0.05) is 12.1 Å². The molecule has 0 aliphatic rings. The van der Waals surface area contributed by atoms with Crippen LogP contribution in [0.1, 0.15) is 23.2 Å². The summed E-state index contributed by atoms with van der Waals surface area (Å²) in [7, 11) is 1.54. The number of fused-ring (bicyclic) bond motifs is 1. The minimum absolute atomic E-state index is 0.00642. The molecule has 1 amide bonds. The third kappa shape index (κ3) is 2.93. The van der Waals surface area contributed by atoms with E-state index in [1.807, 2.05) is 12.1 Å². The maximum absolute atomic E-state index is 12.2. The molecule has 23 heavy (non-hydrogen) atoms. The van der Waals surface area contributed by atoms with Crippen molar-refractivity contribution >= 4 is 16.9 Å². The van der Waals surface area contributed by atoms with Gasteiger partial charge in [0, 0.05) is 5.39 Å². The van der Waals surface area contributed by atoms with Crippen molar-refractivity contribution in [2.24, 2.45) is 0 Å². The van der Waals surface area contributed by atoms with Gasteiger partial charge in [0.05, 0.1) is 19.9 Å². The van der Waals surface area contributed by atoms with Crippen molar-refractivity contribution < 1.29 is 23.5 Å². The average Bonchev–Trinajstić information content (AvgIpc) is 3.21. The zero-order valence-corrected chi connectivity index (χ0v) is 12.8. The third-order valence-corrected chi connectivity index (χ3v) is 3.60. The zero-order valence-electron chi connectivity index (χ0n) is 12.8. The van der Waals surface area contributed by atoms with E-state index in [4.69, 9.17) is 13.6 Å². The van der Waals surface area contributed by atoms with Gasteiger partial charge in [-0.15, -0.1) is 0 Å². The predicted octanol–water partition coefficient (Wildman–Crippen LogP) is 2.67. The maximum atomic E-state index is 12.2. The monoisotopic (exact) mass is 315 g/mol. The molecule has 2 aromatic heterocycles. The highest BCUT2D eigenvalue weighted by atomic mass is 16.5. The Kier molecular flexibility index (Phi) is 3.83. The van der Waals surface area contributed by atoms with E-state index >= 15 is 0 Å². The summed E-state index contributed by atoms with van der Waals surface area (Å²) in [6, 6.07) is 10.4. The second kappa shape index (κ2) is 5.81. The second-order valence-electron chi connectivity index (χ2n) is 5.42. The molecular formula is C17H17NO5. The summed E-state index contributed by atoms with van der Waals surface area (Å²) in [5.74, 6) is 0.669. The first-order valence-electron chi connectivity index (χ1n) is 7.12. The molecular weight excluding hydrogens is 298 g/mol. The molecule has 2 heterocycles. The minimum atomic E-state index is -1.30. The van der Waals surface area contributed by atoms with E-state index in [-0.39, 0.29) is 12.3 Å². The molecule has 0 aliphatic carbocycles. The number of amides is 1. The largest absolute Gasteiger partial charge is 0.493 e. The lowest BCUT2D eigenvalue weighted by molar-refractivity contribution is 0.0326. The van der Waals surface area contributed by atoms with E-state index in [2.05, 4.69) is 5.32 Å². The molecule has 0 fully saturated rings. The Bertz CT molecular complexity index is 817. The van der Waals surface area contributed by atoms with Crippen LogP contribution in [0.4, 0.5) is 0 Å². The van der Waals surface area contributed by atoms with Crippen LogP contribution in [-0.4, -0.2) is 24.7 Å². The fraction of sp³-hybridized carbons (Fsp3) is 0.235. The van der Waals surface area contributed by atoms with Gasteiger partial charge in [-0.25, -0.2) is 0 Å². The summed E-state index contributed by atoms with van der Waals surface area (Å²) < 4.78 is 15.9. The number of furan rings is 2. The van der Waals surface area contributed by atoms with Crippen LogP contribution >= 0.6 is 0 Å². The van der Waals surface area contributed by atoms with Crippen LogP contribution in [-0.2, 0) is 5.60 Å². The van der Waals surface area contributed by atoms with Gasteiger partial charge in [0.1, 0.15) is 11.4 Å². The molecule has 0 spiro atoms. The van der Waals surface area contributed by atoms with E-state index in [1.54, 1.807) is 31.2 Å². The molecule has 3 aromatic rings. The van der Waals surface area contributed by atoms with Gasteiger partial charge in [0.15, 0.2) is 17.1 Å². The van der Waals surface area contributed by atoms with Gasteiger partial charge < -0.3 is 24.0 Å². The molecule has 0 saturated heterocycles. The number of para-hydroxylation sites is 1. The summed E-state index contributed by atoms with van der Waals surface area (Å²) in [6.45, 7) is 1.56. The third-order valence-electron chi connectivity index (χ3n) is 3.60. The first kappa shape index (κ1) is 15.2. The van der Waals surface area contributed by atoms with E-state index in [1.165, 1.54) is 13.4 Å². The Morgan fingerprint density at radius 3 is 2.87 bits per heavy atom. The number of nitrogens with one attached hydrogen (secondary N) is 1. The van der Waals surface area contributed by atoms with E-state index < -0.39 is 11.5 Å². The Hall–Kier alpha value is -2.73. The molecule has 2 N–H and O–H groups in total. The number of aliphatic hydroxyl groups is 1. The number of hydrogen-bond donors (Lipinski definition) is 2. The number of carbonyl (C=O) groups is 1. The van der Waals surface area contributed by atoms with Crippen molar-refractivity contribution in [3.63, 3.8) is 0 Å². The topological polar surface area (TPSA) is 84.8 Å². The summed E-state index contributed by atoms with van der Waals surface area (Å²) in [4.78, 5) is 12.2. The van der Waals surface area contributed by atoms with Gasteiger partial charge in [0.25, 0.3) is 5.91 Å². The van der Waals surface area contributed by atoms with Crippen LogP contribution in [0.25, 0.3) is 11.0 Å². The normalized spacial score (nSPS) is 13.7. The first-order valence-corrected chi connectivity index (χ1v) is 7.12. The highest BCUT2D eigenvalue weighted by Gasteiger charge is 2.27. The number of ether oxygens (including phenoxy) is 1. The first-order chi connectivity index (χ1) is 11.0. The number of rotatable bonds is 5. The summed E-state index contributed by atoms with van der Waals surface area (Å²) in [5.41, 5.74) is -0.791. The van der Waals surface area contributed by atoms with Crippen molar-refractivity contribution in [2.75, 3.05) is 13.7 Å². The Morgan fingerprint density at radius 1 is 1.35 bits per heavy atom. The van der Waals surface area contributed by atoms with Gasteiger partial charge in [0.2, 0.25) is 0 Å². The predicted molar refractivity (Wildman–Crippen MR) is 83.4 cm³/mol. The number of methoxy groups -OCH3 is 1. The van der Waals surface area contributed by atoms with Crippen LogP contribution in [0, 0.1) is 0 Å². The lowest BCUT2D eigenvalue weighted by Crippen LogP contribution is -2.38. The van der Waals surface area contributed by atoms with Crippen LogP contribution in [0.5, 0.6) is 5.75 Å². The summed E-state index contributed by atoms with van der Waals surface area (Å²) in [6.07, 6.45) is 1.47. The van der Waals surface area contributed by atoms with Crippen molar-refractivity contribution in [3.05, 3.63) is 54.2 Å². The van der Waals surface area contributed by atoms with Crippen LogP contribution < -0.4 is 10.1 Å². The number of hydrogen-bond acceptors (Lipinski definition) is 5. The molecule has 0 bridgehead atoms. The van der Waals surface area contributed by atoms with Crippen molar-refractivity contribution in [2.45, 2.75) is 12.5 Å². The van der Waals surface area contributed by atoms with Gasteiger partial charge in [-0.2, -0.15) is 0 Å².